The Hall–Kier alpha value is -1.36. The summed E-state index contributed by atoms with van der Waals surface area (Å²) in [5.74, 6) is -0.268. The highest BCUT2D eigenvalue weighted by atomic mass is 79.9. The molecular formula is C12H13BrFN3. The van der Waals surface area contributed by atoms with Gasteiger partial charge in [-0.1, -0.05) is 15.9 Å². The minimum atomic E-state index is -0.268. The van der Waals surface area contributed by atoms with Crippen LogP contribution in [0, 0.1) is 5.82 Å². The second-order valence-electron chi connectivity index (χ2n) is 3.94. The third-order valence-electron chi connectivity index (χ3n) is 2.53. The lowest BCUT2D eigenvalue weighted by atomic mass is 10.2. The van der Waals surface area contributed by atoms with Crippen molar-refractivity contribution in [3.05, 3.63) is 46.4 Å². The summed E-state index contributed by atoms with van der Waals surface area (Å²) in [5.41, 5.74) is 1.51. The van der Waals surface area contributed by atoms with Crippen LogP contribution in [0.15, 0.2) is 35.1 Å². The highest BCUT2D eigenvalue weighted by molar-refractivity contribution is 9.10. The normalized spacial score (nSPS) is 12.5. The molecule has 1 atom stereocenters. The summed E-state index contributed by atoms with van der Waals surface area (Å²) in [7, 11) is 1.86. The highest BCUT2D eigenvalue weighted by Gasteiger charge is 2.10. The van der Waals surface area contributed by atoms with Gasteiger partial charge in [-0.25, -0.2) is 4.39 Å². The summed E-state index contributed by atoms with van der Waals surface area (Å²) in [5, 5.41) is 7.21. The lowest BCUT2D eigenvalue weighted by Crippen LogP contribution is -2.07. The van der Waals surface area contributed by atoms with Crippen molar-refractivity contribution in [1.29, 1.82) is 0 Å². The quantitative estimate of drug-likeness (QED) is 0.940. The number of nitrogens with one attached hydrogen (secondary N) is 1. The van der Waals surface area contributed by atoms with Crippen LogP contribution >= 0.6 is 15.9 Å². The first-order valence-corrected chi connectivity index (χ1v) is 6.05. The summed E-state index contributed by atoms with van der Waals surface area (Å²) in [6.07, 6.45) is 3.68. The van der Waals surface area contributed by atoms with E-state index in [1.807, 2.05) is 20.2 Å². The van der Waals surface area contributed by atoms with Crippen molar-refractivity contribution in [1.82, 2.24) is 9.78 Å². The number of hydrogen-bond donors (Lipinski definition) is 1. The molecule has 0 saturated heterocycles. The van der Waals surface area contributed by atoms with Crippen LogP contribution in [-0.2, 0) is 7.05 Å². The Bertz CT molecular complexity index is 524. The molecule has 0 radical (unpaired) electrons. The van der Waals surface area contributed by atoms with Gasteiger partial charge in [-0.05, 0) is 25.1 Å². The second kappa shape index (κ2) is 4.87. The lowest BCUT2D eigenvalue weighted by Gasteiger charge is -2.14. The van der Waals surface area contributed by atoms with E-state index in [0.717, 1.165) is 10.0 Å². The molecule has 2 aromatic rings. The van der Waals surface area contributed by atoms with Gasteiger partial charge in [0.2, 0.25) is 0 Å². The second-order valence-corrected chi connectivity index (χ2v) is 4.85. The molecule has 0 saturated carbocycles. The van der Waals surface area contributed by atoms with Crippen LogP contribution in [0.25, 0.3) is 0 Å². The van der Waals surface area contributed by atoms with Crippen LogP contribution in [0.3, 0.4) is 0 Å². The van der Waals surface area contributed by atoms with Crippen LogP contribution in [0.5, 0.6) is 0 Å². The SMILES string of the molecule is CC(Nc1ccc(Br)cc1F)c1cnn(C)c1. The van der Waals surface area contributed by atoms with E-state index in [-0.39, 0.29) is 11.9 Å². The molecule has 1 heterocycles. The summed E-state index contributed by atoms with van der Waals surface area (Å²) < 4.78 is 16.1. The van der Waals surface area contributed by atoms with E-state index in [1.165, 1.54) is 6.07 Å². The summed E-state index contributed by atoms with van der Waals surface area (Å²) >= 11 is 3.23. The highest BCUT2D eigenvalue weighted by Crippen LogP contribution is 2.23. The molecule has 17 heavy (non-hydrogen) atoms. The number of anilines is 1. The van der Waals surface area contributed by atoms with Gasteiger partial charge in [0.1, 0.15) is 5.82 Å². The standard InChI is InChI=1S/C12H13BrFN3/c1-8(9-6-15-17(2)7-9)16-12-4-3-10(13)5-11(12)14/h3-8,16H,1-2H3. The number of aromatic nitrogens is 2. The molecule has 1 aromatic carbocycles. The van der Waals surface area contributed by atoms with Crippen molar-refractivity contribution in [3.63, 3.8) is 0 Å². The van der Waals surface area contributed by atoms with E-state index in [2.05, 4.69) is 26.3 Å². The average molecular weight is 298 g/mol. The molecule has 1 aromatic heterocycles. The predicted molar refractivity (Wildman–Crippen MR) is 69.3 cm³/mol. The van der Waals surface area contributed by atoms with Crippen molar-refractivity contribution in [2.24, 2.45) is 7.05 Å². The number of rotatable bonds is 3. The third kappa shape index (κ3) is 2.85. The summed E-state index contributed by atoms with van der Waals surface area (Å²) in [6, 6.07) is 4.98. The largest absolute Gasteiger partial charge is 0.376 e. The van der Waals surface area contributed by atoms with Gasteiger partial charge in [0.25, 0.3) is 0 Å². The number of aryl methyl sites for hydroxylation is 1. The summed E-state index contributed by atoms with van der Waals surface area (Å²) in [6.45, 7) is 1.97. The van der Waals surface area contributed by atoms with Crippen molar-refractivity contribution >= 4 is 21.6 Å². The van der Waals surface area contributed by atoms with Crippen LogP contribution in [0.2, 0.25) is 0 Å². The van der Waals surface area contributed by atoms with E-state index >= 15 is 0 Å². The van der Waals surface area contributed by atoms with E-state index in [4.69, 9.17) is 0 Å². The topological polar surface area (TPSA) is 29.9 Å². The van der Waals surface area contributed by atoms with Crippen molar-refractivity contribution < 1.29 is 4.39 Å². The molecule has 3 nitrogen and oxygen atoms in total. The molecule has 0 spiro atoms. The minimum absolute atomic E-state index is 0.0133. The third-order valence-corrected chi connectivity index (χ3v) is 3.02. The molecule has 0 bridgehead atoms. The minimum Gasteiger partial charge on any atom is -0.376 e. The molecule has 1 unspecified atom stereocenters. The van der Waals surface area contributed by atoms with Crippen molar-refractivity contribution in [2.45, 2.75) is 13.0 Å². The van der Waals surface area contributed by atoms with E-state index in [1.54, 1.807) is 23.0 Å². The van der Waals surface area contributed by atoms with Crippen LogP contribution in [0.1, 0.15) is 18.5 Å². The number of nitrogens with zero attached hydrogens (tertiary/aromatic N) is 2. The fourth-order valence-corrected chi connectivity index (χ4v) is 1.92. The molecule has 1 N–H and O–H groups in total. The monoisotopic (exact) mass is 297 g/mol. The Morgan fingerprint density at radius 3 is 2.82 bits per heavy atom. The fourth-order valence-electron chi connectivity index (χ4n) is 1.59. The zero-order chi connectivity index (χ0) is 12.4. The van der Waals surface area contributed by atoms with E-state index in [0.29, 0.717) is 5.69 Å². The number of benzene rings is 1. The van der Waals surface area contributed by atoms with Crippen LogP contribution in [0.4, 0.5) is 10.1 Å². The predicted octanol–water partition coefficient (Wildman–Crippen LogP) is 3.49. The maximum Gasteiger partial charge on any atom is 0.147 e. The van der Waals surface area contributed by atoms with Crippen molar-refractivity contribution in [2.75, 3.05) is 5.32 Å². The molecule has 2 rings (SSSR count). The van der Waals surface area contributed by atoms with E-state index in [9.17, 15) is 4.39 Å². The van der Waals surface area contributed by atoms with Gasteiger partial charge in [0.15, 0.2) is 0 Å². The Morgan fingerprint density at radius 2 is 2.24 bits per heavy atom. The Labute approximate surface area is 108 Å². The zero-order valence-corrected chi connectivity index (χ0v) is 11.2. The number of hydrogen-bond acceptors (Lipinski definition) is 2. The molecule has 0 aliphatic heterocycles. The van der Waals surface area contributed by atoms with Gasteiger partial charge in [0.05, 0.1) is 17.9 Å². The van der Waals surface area contributed by atoms with Gasteiger partial charge < -0.3 is 5.32 Å². The number of halogens is 2. The first kappa shape index (κ1) is 12.1. The Morgan fingerprint density at radius 1 is 1.47 bits per heavy atom. The Balaban J connectivity index is 2.15. The van der Waals surface area contributed by atoms with E-state index < -0.39 is 0 Å². The van der Waals surface area contributed by atoms with Crippen LogP contribution < -0.4 is 5.32 Å². The molecule has 90 valence electrons. The Kier molecular flexibility index (Phi) is 3.47. The molecule has 0 fully saturated rings. The lowest BCUT2D eigenvalue weighted by molar-refractivity contribution is 0.626. The molecule has 0 amide bonds. The first-order chi connectivity index (χ1) is 8.06. The van der Waals surface area contributed by atoms with Gasteiger partial charge >= 0.3 is 0 Å². The zero-order valence-electron chi connectivity index (χ0n) is 9.61. The van der Waals surface area contributed by atoms with Gasteiger partial charge in [0, 0.05) is 23.3 Å². The van der Waals surface area contributed by atoms with Gasteiger partial charge in [-0.3, -0.25) is 4.68 Å². The maximum absolute atomic E-state index is 13.6. The molecular weight excluding hydrogens is 285 g/mol. The smallest absolute Gasteiger partial charge is 0.147 e. The maximum atomic E-state index is 13.6. The molecule has 5 heteroatoms. The fraction of sp³-hybridized carbons (Fsp3) is 0.250. The van der Waals surface area contributed by atoms with Gasteiger partial charge in [-0.2, -0.15) is 5.10 Å². The molecule has 0 aliphatic carbocycles. The summed E-state index contributed by atoms with van der Waals surface area (Å²) in [4.78, 5) is 0. The first-order valence-electron chi connectivity index (χ1n) is 5.26. The van der Waals surface area contributed by atoms with Gasteiger partial charge in [-0.15, -0.1) is 0 Å². The molecule has 0 aliphatic rings. The van der Waals surface area contributed by atoms with Crippen molar-refractivity contribution in [3.8, 4) is 0 Å². The van der Waals surface area contributed by atoms with Crippen LogP contribution in [-0.4, -0.2) is 9.78 Å². The average Bonchev–Trinajstić information content (AvgIpc) is 2.69.